The van der Waals surface area contributed by atoms with Crippen LogP contribution in [0.4, 0.5) is 18.4 Å². The average molecular weight is 750 g/mol. The minimum Gasteiger partial charge on any atom is -0.466 e. The van der Waals surface area contributed by atoms with Crippen molar-refractivity contribution in [1.82, 2.24) is 20.3 Å². The van der Waals surface area contributed by atoms with Gasteiger partial charge in [0.15, 0.2) is 0 Å². The largest absolute Gasteiger partial charge is 0.466 e. The molecule has 1 aliphatic rings. The molecule has 13 nitrogen and oxygen atoms in total. The number of nitrogens with one attached hydrogen (secondary N) is 1. The lowest BCUT2D eigenvalue weighted by Crippen LogP contribution is -2.47. The second-order valence-electron chi connectivity index (χ2n) is 12.7. The van der Waals surface area contributed by atoms with Crippen LogP contribution < -0.4 is 5.32 Å². The number of hydrogen-bond acceptors (Lipinski definition) is 11. The number of methoxy groups -OCH3 is 1. The summed E-state index contributed by atoms with van der Waals surface area (Å²) in [6.45, 7) is 8.04. The van der Waals surface area contributed by atoms with E-state index in [1.165, 1.54) is 25.2 Å². The average Bonchev–Trinajstić information content (AvgIpc) is 3.49. The van der Waals surface area contributed by atoms with E-state index in [9.17, 15) is 18.8 Å². The van der Waals surface area contributed by atoms with Gasteiger partial charge in [0.25, 0.3) is 0 Å². The number of halogens is 2. The standard InChI is InChI=1S/C36H49F2N5O8S/c1-35(2,3)51-33(45)39-18-11-17-36(27-12-8-7-9-13-27)43(40-32(52-36)29-26-28(37)15-16-30(29)38)34(46)42(5)50-25-24-49-23-22-48-21-20-41(4)19-10-14-31(44)47-6/h7-10,12-16,26H,11,17-25H2,1-6H3,(H,39,45)/b14-10+/t36-/m0/s1. The van der Waals surface area contributed by atoms with E-state index in [0.29, 0.717) is 44.9 Å². The molecular formula is C36H49F2N5O8S. The second-order valence-corrected chi connectivity index (χ2v) is 13.9. The number of rotatable bonds is 19. The number of urea groups is 1. The van der Waals surface area contributed by atoms with Crippen LogP contribution in [0, 0.1) is 11.6 Å². The molecule has 3 amide bonds. The number of ether oxygens (including phenoxy) is 4. The summed E-state index contributed by atoms with van der Waals surface area (Å²) in [5.74, 6) is -1.75. The van der Waals surface area contributed by atoms with E-state index in [1.54, 1.807) is 26.8 Å². The van der Waals surface area contributed by atoms with Crippen LogP contribution in [0.3, 0.4) is 0 Å². The van der Waals surface area contributed by atoms with Crippen molar-refractivity contribution in [3.05, 3.63) is 83.4 Å². The molecule has 3 rings (SSSR count). The Bertz CT molecular complexity index is 1530. The van der Waals surface area contributed by atoms with Gasteiger partial charge in [0.1, 0.15) is 27.2 Å². The van der Waals surface area contributed by atoms with Crippen molar-refractivity contribution in [3.8, 4) is 0 Å². The number of carbonyl (C=O) groups is 3. The minimum atomic E-state index is -1.21. The van der Waals surface area contributed by atoms with Crippen LogP contribution >= 0.6 is 11.8 Å². The van der Waals surface area contributed by atoms with Gasteiger partial charge in [-0.15, -0.1) is 0 Å². The molecular weight excluding hydrogens is 700 g/mol. The zero-order valence-corrected chi connectivity index (χ0v) is 31.4. The lowest BCUT2D eigenvalue weighted by atomic mass is 10.0. The summed E-state index contributed by atoms with van der Waals surface area (Å²) < 4.78 is 50.4. The van der Waals surface area contributed by atoms with Crippen LogP contribution in [0.5, 0.6) is 0 Å². The summed E-state index contributed by atoms with van der Waals surface area (Å²) in [6.07, 6.45) is 3.15. The summed E-state index contributed by atoms with van der Waals surface area (Å²) in [6, 6.07) is 11.5. The van der Waals surface area contributed by atoms with Crippen molar-refractivity contribution in [2.75, 3.05) is 73.9 Å². The van der Waals surface area contributed by atoms with Crippen LogP contribution in [0.15, 0.2) is 65.8 Å². The predicted molar refractivity (Wildman–Crippen MR) is 193 cm³/mol. The summed E-state index contributed by atoms with van der Waals surface area (Å²) in [4.78, 5) is 43.9. The number of hydroxylamine groups is 2. The fourth-order valence-corrected chi connectivity index (χ4v) is 6.24. The minimum absolute atomic E-state index is 0.0335. The van der Waals surface area contributed by atoms with E-state index < -0.39 is 40.2 Å². The first-order valence-electron chi connectivity index (χ1n) is 16.8. The molecule has 0 spiro atoms. The molecule has 0 aromatic heterocycles. The number of likely N-dealkylation sites (N-methyl/N-ethyl adjacent to an activating group) is 1. The fraction of sp³-hybridized carbons (Fsp3) is 0.500. The summed E-state index contributed by atoms with van der Waals surface area (Å²) >= 11 is 1.12. The maximum absolute atomic E-state index is 15.0. The van der Waals surface area contributed by atoms with E-state index in [1.807, 2.05) is 42.3 Å². The first-order chi connectivity index (χ1) is 24.8. The first kappa shape index (κ1) is 42.3. The van der Waals surface area contributed by atoms with Crippen LogP contribution in [-0.2, 0) is 33.5 Å². The van der Waals surface area contributed by atoms with E-state index in [0.717, 1.165) is 35.0 Å². The van der Waals surface area contributed by atoms with Gasteiger partial charge >= 0.3 is 18.1 Å². The lowest BCUT2D eigenvalue weighted by Gasteiger charge is -2.37. The van der Waals surface area contributed by atoms with Crippen LogP contribution in [0.2, 0.25) is 0 Å². The van der Waals surface area contributed by atoms with Gasteiger partial charge in [0, 0.05) is 38.3 Å². The molecule has 0 saturated carbocycles. The number of esters is 1. The quantitative estimate of drug-likeness (QED) is 0.0850. The first-order valence-corrected chi connectivity index (χ1v) is 17.6. The highest BCUT2D eigenvalue weighted by atomic mass is 32.2. The molecule has 1 N–H and O–H groups in total. The van der Waals surface area contributed by atoms with Crippen molar-refractivity contribution in [1.29, 1.82) is 0 Å². The smallest absolute Gasteiger partial charge is 0.407 e. The van der Waals surface area contributed by atoms with Gasteiger partial charge in [-0.3, -0.25) is 4.84 Å². The van der Waals surface area contributed by atoms with Crippen molar-refractivity contribution in [3.63, 3.8) is 0 Å². The number of nitrogens with zero attached hydrogens (tertiary/aromatic N) is 4. The molecule has 1 heterocycles. The molecule has 0 radical (unpaired) electrons. The van der Waals surface area contributed by atoms with Gasteiger partial charge in [-0.2, -0.15) is 10.1 Å². The summed E-state index contributed by atoms with van der Waals surface area (Å²) in [5, 5.41) is 9.63. The van der Waals surface area contributed by atoms with E-state index in [-0.39, 0.29) is 36.8 Å². The molecule has 2 aromatic rings. The third kappa shape index (κ3) is 13.5. The number of amides is 3. The molecule has 0 fully saturated rings. The highest BCUT2D eigenvalue weighted by Crippen LogP contribution is 2.51. The van der Waals surface area contributed by atoms with Crippen molar-refractivity contribution in [2.24, 2.45) is 5.10 Å². The van der Waals surface area contributed by atoms with Crippen molar-refractivity contribution >= 4 is 34.9 Å². The highest BCUT2D eigenvalue weighted by Gasteiger charge is 2.50. The third-order valence-electron chi connectivity index (χ3n) is 7.37. The molecule has 1 atom stereocenters. The number of thioether (sulfide) groups is 1. The second kappa shape index (κ2) is 20.8. The van der Waals surface area contributed by atoms with Crippen molar-refractivity contribution < 1.29 is 46.9 Å². The van der Waals surface area contributed by atoms with Gasteiger partial charge in [-0.25, -0.2) is 28.2 Å². The van der Waals surface area contributed by atoms with Gasteiger partial charge in [0.05, 0.1) is 40.1 Å². The number of carbonyl (C=O) groups excluding carboxylic acids is 3. The maximum Gasteiger partial charge on any atom is 0.407 e. The Balaban J connectivity index is 1.63. The molecule has 0 bridgehead atoms. The molecule has 2 aromatic carbocycles. The third-order valence-corrected chi connectivity index (χ3v) is 8.81. The normalized spacial score (nSPS) is 15.9. The monoisotopic (exact) mass is 749 g/mol. The Kier molecular flexibility index (Phi) is 16.9. The predicted octanol–water partition coefficient (Wildman–Crippen LogP) is 5.51. The summed E-state index contributed by atoms with van der Waals surface area (Å²) in [5.41, 5.74) is -0.0819. The van der Waals surface area contributed by atoms with E-state index in [4.69, 9.17) is 19.0 Å². The molecule has 52 heavy (non-hydrogen) atoms. The van der Waals surface area contributed by atoms with Crippen LogP contribution in [0.25, 0.3) is 0 Å². The number of hydrazone groups is 1. The Labute approximate surface area is 308 Å². The Morgan fingerprint density at radius 2 is 1.69 bits per heavy atom. The molecule has 0 saturated heterocycles. The zero-order chi connectivity index (χ0) is 38.1. The number of alkyl carbamates (subject to hydrolysis) is 1. The van der Waals surface area contributed by atoms with Gasteiger partial charge in [-0.1, -0.05) is 48.2 Å². The van der Waals surface area contributed by atoms with E-state index >= 15 is 4.39 Å². The van der Waals surface area contributed by atoms with Gasteiger partial charge in [0.2, 0.25) is 0 Å². The molecule has 0 aliphatic carbocycles. The van der Waals surface area contributed by atoms with Gasteiger partial charge < -0.3 is 29.2 Å². The maximum atomic E-state index is 15.0. The molecule has 1 aliphatic heterocycles. The molecule has 16 heteroatoms. The Morgan fingerprint density at radius 3 is 2.38 bits per heavy atom. The topological polar surface area (TPSA) is 131 Å². The fourth-order valence-electron chi connectivity index (χ4n) is 4.83. The SMILES string of the molecule is COC(=O)/C=C/CN(C)CCOCCOCCON(C)C(=O)N1N=C(c2cc(F)ccc2F)S[C@@]1(CCCNC(=O)OC(C)(C)C)c1ccccc1. The van der Waals surface area contributed by atoms with Crippen LogP contribution in [0.1, 0.15) is 44.7 Å². The van der Waals surface area contributed by atoms with Gasteiger partial charge in [-0.05, 0) is 64.4 Å². The Hall–Kier alpha value is -4.09. The Morgan fingerprint density at radius 1 is 1.00 bits per heavy atom. The lowest BCUT2D eigenvalue weighted by molar-refractivity contribution is -0.134. The molecule has 0 unspecified atom stereocenters. The summed E-state index contributed by atoms with van der Waals surface area (Å²) in [7, 11) is 4.66. The van der Waals surface area contributed by atoms with Crippen LogP contribution in [-0.4, -0.2) is 118 Å². The van der Waals surface area contributed by atoms with E-state index in [2.05, 4.69) is 15.2 Å². The van der Waals surface area contributed by atoms with Crippen molar-refractivity contribution in [2.45, 2.75) is 44.1 Å². The molecule has 286 valence electrons. The zero-order valence-electron chi connectivity index (χ0n) is 30.6. The number of benzene rings is 2. The number of hydrogen-bond donors (Lipinski definition) is 1. The highest BCUT2D eigenvalue weighted by molar-refractivity contribution is 8.15.